The van der Waals surface area contributed by atoms with E-state index in [1.807, 2.05) is 19.1 Å². The lowest BCUT2D eigenvalue weighted by Crippen LogP contribution is -2.23. The highest BCUT2D eigenvalue weighted by Crippen LogP contribution is 2.18. The zero-order valence-electron chi connectivity index (χ0n) is 13.0. The molecule has 1 N–H and O–H groups in total. The Morgan fingerprint density at radius 1 is 1.21 bits per heavy atom. The van der Waals surface area contributed by atoms with Gasteiger partial charge in [0, 0.05) is 18.3 Å². The quantitative estimate of drug-likeness (QED) is 0.727. The van der Waals surface area contributed by atoms with E-state index >= 15 is 0 Å². The smallest absolute Gasteiger partial charge is 0.142 e. The maximum atomic E-state index is 5.87. The number of aromatic nitrogens is 1. The topological polar surface area (TPSA) is 34.1 Å². The molecule has 0 aliphatic rings. The molecule has 1 rings (SSSR count). The molecule has 0 unspecified atom stereocenters. The molecule has 1 aromatic heterocycles. The molecule has 0 aromatic carbocycles. The molecule has 0 radical (unpaired) electrons. The van der Waals surface area contributed by atoms with E-state index in [1.54, 1.807) is 0 Å². The van der Waals surface area contributed by atoms with Crippen LogP contribution in [0.3, 0.4) is 0 Å². The SMILES string of the molecule is Cc1ccc(OCCCC(C)C)c(CNC(C)C)n1. The van der Waals surface area contributed by atoms with Gasteiger partial charge in [-0.1, -0.05) is 27.7 Å². The monoisotopic (exact) mass is 264 g/mol. The minimum absolute atomic E-state index is 0.455. The zero-order chi connectivity index (χ0) is 14.3. The normalized spacial score (nSPS) is 11.3. The summed E-state index contributed by atoms with van der Waals surface area (Å²) in [4.78, 5) is 4.57. The van der Waals surface area contributed by atoms with Gasteiger partial charge in [-0.3, -0.25) is 4.98 Å². The summed E-state index contributed by atoms with van der Waals surface area (Å²) in [5.74, 6) is 1.66. The maximum Gasteiger partial charge on any atom is 0.142 e. The molecule has 3 heteroatoms. The van der Waals surface area contributed by atoms with Gasteiger partial charge in [0.1, 0.15) is 5.75 Å². The number of rotatable bonds is 8. The molecule has 19 heavy (non-hydrogen) atoms. The van der Waals surface area contributed by atoms with Crippen LogP contribution in [0.4, 0.5) is 0 Å². The summed E-state index contributed by atoms with van der Waals surface area (Å²) in [5, 5.41) is 3.40. The number of pyridine rings is 1. The number of nitrogens with zero attached hydrogens (tertiary/aromatic N) is 1. The molecule has 0 bridgehead atoms. The van der Waals surface area contributed by atoms with Gasteiger partial charge in [0.2, 0.25) is 0 Å². The molecule has 0 aliphatic carbocycles. The van der Waals surface area contributed by atoms with Crippen LogP contribution in [0, 0.1) is 12.8 Å². The van der Waals surface area contributed by atoms with E-state index in [-0.39, 0.29) is 0 Å². The predicted molar refractivity (Wildman–Crippen MR) is 80.5 cm³/mol. The number of hydrogen-bond donors (Lipinski definition) is 1. The van der Waals surface area contributed by atoms with Crippen LogP contribution in [-0.4, -0.2) is 17.6 Å². The van der Waals surface area contributed by atoms with Gasteiger partial charge in [0.15, 0.2) is 0 Å². The molecular formula is C16H28N2O. The highest BCUT2D eigenvalue weighted by molar-refractivity contribution is 5.29. The molecule has 0 fully saturated rings. The molecule has 0 saturated carbocycles. The van der Waals surface area contributed by atoms with Crippen LogP contribution in [-0.2, 0) is 6.54 Å². The third-order valence-electron chi connectivity index (χ3n) is 2.93. The summed E-state index contributed by atoms with van der Waals surface area (Å²) in [6, 6.07) is 4.50. The van der Waals surface area contributed by atoms with Crippen LogP contribution >= 0.6 is 0 Å². The number of aryl methyl sites for hydroxylation is 1. The standard InChI is InChI=1S/C16H28N2O/c1-12(2)7-6-10-19-16-9-8-14(5)18-15(16)11-17-13(3)4/h8-9,12-13,17H,6-7,10-11H2,1-5H3. The van der Waals surface area contributed by atoms with Gasteiger partial charge < -0.3 is 10.1 Å². The third-order valence-corrected chi connectivity index (χ3v) is 2.93. The van der Waals surface area contributed by atoms with E-state index in [0.717, 1.165) is 42.6 Å². The second kappa shape index (κ2) is 8.16. The van der Waals surface area contributed by atoms with Crippen molar-refractivity contribution in [3.63, 3.8) is 0 Å². The minimum Gasteiger partial charge on any atom is -0.492 e. The number of nitrogens with one attached hydrogen (secondary N) is 1. The van der Waals surface area contributed by atoms with E-state index in [2.05, 4.69) is 38.0 Å². The Morgan fingerprint density at radius 3 is 2.58 bits per heavy atom. The van der Waals surface area contributed by atoms with Crippen molar-refractivity contribution < 1.29 is 4.74 Å². The lowest BCUT2D eigenvalue weighted by Gasteiger charge is -2.14. The van der Waals surface area contributed by atoms with Crippen LogP contribution in [0.5, 0.6) is 5.75 Å². The van der Waals surface area contributed by atoms with E-state index in [9.17, 15) is 0 Å². The average Bonchev–Trinajstić information content (AvgIpc) is 2.33. The van der Waals surface area contributed by atoms with Gasteiger partial charge in [-0.2, -0.15) is 0 Å². The summed E-state index contributed by atoms with van der Waals surface area (Å²) in [6.45, 7) is 12.3. The minimum atomic E-state index is 0.455. The lowest BCUT2D eigenvalue weighted by molar-refractivity contribution is 0.292. The summed E-state index contributed by atoms with van der Waals surface area (Å²) >= 11 is 0. The van der Waals surface area contributed by atoms with Gasteiger partial charge in [-0.25, -0.2) is 0 Å². The van der Waals surface area contributed by atoms with Crippen molar-refractivity contribution in [3.05, 3.63) is 23.5 Å². The van der Waals surface area contributed by atoms with Crippen LogP contribution in [0.2, 0.25) is 0 Å². The van der Waals surface area contributed by atoms with Crippen molar-refractivity contribution in [2.45, 2.75) is 60.0 Å². The van der Waals surface area contributed by atoms with Crippen LogP contribution in [0.15, 0.2) is 12.1 Å². The Balaban J connectivity index is 2.55. The molecule has 1 aromatic rings. The Bertz CT molecular complexity index is 375. The summed E-state index contributed by atoms with van der Waals surface area (Å²) in [6.07, 6.45) is 2.31. The summed E-state index contributed by atoms with van der Waals surface area (Å²) in [7, 11) is 0. The molecule has 0 saturated heterocycles. The van der Waals surface area contributed by atoms with Crippen LogP contribution in [0.25, 0.3) is 0 Å². The van der Waals surface area contributed by atoms with Crippen LogP contribution < -0.4 is 10.1 Å². The largest absolute Gasteiger partial charge is 0.492 e. The highest BCUT2D eigenvalue weighted by Gasteiger charge is 2.07. The first kappa shape index (κ1) is 16.0. The highest BCUT2D eigenvalue weighted by atomic mass is 16.5. The third kappa shape index (κ3) is 6.58. The van der Waals surface area contributed by atoms with Gasteiger partial charge in [0.25, 0.3) is 0 Å². The number of hydrogen-bond acceptors (Lipinski definition) is 3. The Labute approximate surface area is 117 Å². The molecule has 0 aliphatic heterocycles. The van der Waals surface area contributed by atoms with E-state index in [1.165, 1.54) is 6.42 Å². The summed E-state index contributed by atoms with van der Waals surface area (Å²) in [5.41, 5.74) is 2.05. The fourth-order valence-electron chi connectivity index (χ4n) is 1.83. The summed E-state index contributed by atoms with van der Waals surface area (Å²) < 4.78 is 5.87. The van der Waals surface area contributed by atoms with Crippen molar-refractivity contribution >= 4 is 0 Å². The first-order valence-electron chi connectivity index (χ1n) is 7.31. The van der Waals surface area contributed by atoms with Crippen molar-refractivity contribution in [2.24, 2.45) is 5.92 Å². The molecule has 108 valence electrons. The number of ether oxygens (including phenoxy) is 1. The second-order valence-corrected chi connectivity index (χ2v) is 5.82. The van der Waals surface area contributed by atoms with Crippen molar-refractivity contribution in [3.8, 4) is 5.75 Å². The molecule has 0 amide bonds. The van der Waals surface area contributed by atoms with E-state index in [4.69, 9.17) is 4.74 Å². The fraction of sp³-hybridized carbons (Fsp3) is 0.688. The second-order valence-electron chi connectivity index (χ2n) is 5.82. The van der Waals surface area contributed by atoms with Crippen molar-refractivity contribution in [2.75, 3.05) is 6.61 Å². The predicted octanol–water partition coefficient (Wildman–Crippen LogP) is 3.70. The maximum absolute atomic E-state index is 5.87. The van der Waals surface area contributed by atoms with Crippen molar-refractivity contribution in [1.82, 2.24) is 10.3 Å². The fourth-order valence-corrected chi connectivity index (χ4v) is 1.83. The Hall–Kier alpha value is -1.09. The molecule has 1 heterocycles. The molecule has 3 nitrogen and oxygen atoms in total. The zero-order valence-corrected chi connectivity index (χ0v) is 13.0. The molecule has 0 atom stereocenters. The first-order valence-corrected chi connectivity index (χ1v) is 7.31. The lowest BCUT2D eigenvalue weighted by atomic mass is 10.1. The van der Waals surface area contributed by atoms with Crippen LogP contribution in [0.1, 0.15) is 51.9 Å². The van der Waals surface area contributed by atoms with E-state index in [0.29, 0.717) is 6.04 Å². The Morgan fingerprint density at radius 2 is 1.95 bits per heavy atom. The van der Waals surface area contributed by atoms with Gasteiger partial charge in [-0.15, -0.1) is 0 Å². The molecule has 0 spiro atoms. The van der Waals surface area contributed by atoms with Gasteiger partial charge in [-0.05, 0) is 37.8 Å². The van der Waals surface area contributed by atoms with E-state index < -0.39 is 0 Å². The average molecular weight is 264 g/mol. The first-order chi connectivity index (χ1) is 8.99. The van der Waals surface area contributed by atoms with Gasteiger partial charge in [0.05, 0.1) is 12.3 Å². The van der Waals surface area contributed by atoms with Gasteiger partial charge >= 0.3 is 0 Å². The Kier molecular flexibility index (Phi) is 6.85. The molecular weight excluding hydrogens is 236 g/mol. The van der Waals surface area contributed by atoms with Crippen molar-refractivity contribution in [1.29, 1.82) is 0 Å².